The van der Waals surface area contributed by atoms with Crippen LogP contribution in [0.25, 0.3) is 0 Å². The van der Waals surface area contributed by atoms with Gasteiger partial charge in [0, 0.05) is 25.7 Å². The van der Waals surface area contributed by atoms with Crippen molar-refractivity contribution in [3.8, 4) is 0 Å². The normalized spacial score (nSPS) is 12.6. The average Bonchev–Trinajstić information content (AvgIpc) is 2.63. The average molecular weight is 357 g/mol. The summed E-state index contributed by atoms with van der Waals surface area (Å²) in [6.07, 6.45) is 20.8. The Morgan fingerprint density at radius 2 is 1.20 bits per heavy atom. The molecule has 0 saturated carbocycles. The first kappa shape index (κ1) is 24.9. The first-order valence-electron chi connectivity index (χ1n) is 11.4. The number of nitrogens with two attached hydrogens (primary N) is 1. The zero-order chi connectivity index (χ0) is 18.4. The van der Waals surface area contributed by atoms with Gasteiger partial charge in [0.05, 0.1) is 6.61 Å². The molecule has 1 atom stereocenters. The fraction of sp³-hybridized carbons (Fsp3) is 1.00. The van der Waals surface area contributed by atoms with Crippen LogP contribution >= 0.6 is 0 Å². The van der Waals surface area contributed by atoms with E-state index >= 15 is 0 Å². The third kappa shape index (κ3) is 20.0. The van der Waals surface area contributed by atoms with Crippen LogP contribution in [0.1, 0.15) is 110 Å². The lowest BCUT2D eigenvalue weighted by atomic mass is 10.0. The molecule has 0 saturated heterocycles. The Kier molecular flexibility index (Phi) is 21.8. The highest BCUT2D eigenvalue weighted by Gasteiger charge is 2.04. The zero-order valence-electron chi connectivity index (χ0n) is 17.5. The number of unbranched alkanes of at least 4 members (excludes halogenated alkanes) is 13. The van der Waals surface area contributed by atoms with Gasteiger partial charge in [0.25, 0.3) is 0 Å². The summed E-state index contributed by atoms with van der Waals surface area (Å²) in [6, 6.07) is 0.468. The molecule has 3 N–H and O–H groups in total. The van der Waals surface area contributed by atoms with E-state index in [1.807, 2.05) is 0 Å². The number of rotatable bonds is 21. The van der Waals surface area contributed by atoms with E-state index in [2.05, 4.69) is 19.2 Å². The van der Waals surface area contributed by atoms with Gasteiger partial charge in [-0.15, -0.1) is 0 Å². The minimum absolute atomic E-state index is 0.468. The Labute approximate surface area is 158 Å². The molecule has 0 bridgehead atoms. The first-order chi connectivity index (χ1) is 12.3. The van der Waals surface area contributed by atoms with E-state index in [0.717, 1.165) is 26.2 Å². The molecule has 0 heterocycles. The van der Waals surface area contributed by atoms with Crippen molar-refractivity contribution in [3.63, 3.8) is 0 Å². The maximum Gasteiger partial charge on any atom is 0.0619 e. The second-order valence-corrected chi connectivity index (χ2v) is 7.52. The fourth-order valence-electron chi connectivity index (χ4n) is 3.23. The Morgan fingerprint density at radius 1 is 0.720 bits per heavy atom. The molecule has 3 nitrogen and oxygen atoms in total. The Balaban J connectivity index is 3.11. The van der Waals surface area contributed by atoms with Crippen LogP contribution < -0.4 is 11.1 Å². The van der Waals surface area contributed by atoms with E-state index in [1.165, 1.54) is 89.9 Å². The van der Waals surface area contributed by atoms with Crippen LogP contribution in [0, 0.1) is 0 Å². The fourth-order valence-corrected chi connectivity index (χ4v) is 3.23. The van der Waals surface area contributed by atoms with E-state index in [4.69, 9.17) is 10.5 Å². The zero-order valence-corrected chi connectivity index (χ0v) is 17.5. The van der Waals surface area contributed by atoms with Gasteiger partial charge in [-0.2, -0.15) is 0 Å². The number of hydrogen-bond acceptors (Lipinski definition) is 3. The summed E-state index contributed by atoms with van der Waals surface area (Å²) in [5.41, 5.74) is 5.52. The van der Waals surface area contributed by atoms with Gasteiger partial charge in [0.1, 0.15) is 0 Å². The summed E-state index contributed by atoms with van der Waals surface area (Å²) >= 11 is 0. The van der Waals surface area contributed by atoms with Crippen LogP contribution in [-0.2, 0) is 4.74 Å². The summed E-state index contributed by atoms with van der Waals surface area (Å²) in [5.74, 6) is 0. The van der Waals surface area contributed by atoms with Crippen molar-refractivity contribution in [1.29, 1.82) is 0 Å². The third-order valence-corrected chi connectivity index (χ3v) is 5.03. The summed E-state index contributed by atoms with van der Waals surface area (Å²) in [7, 11) is 0. The predicted molar refractivity (Wildman–Crippen MR) is 112 cm³/mol. The van der Waals surface area contributed by atoms with Crippen LogP contribution in [-0.4, -0.2) is 32.3 Å². The van der Waals surface area contributed by atoms with Crippen molar-refractivity contribution in [2.45, 2.75) is 116 Å². The second kappa shape index (κ2) is 21.9. The van der Waals surface area contributed by atoms with Gasteiger partial charge in [-0.1, -0.05) is 97.3 Å². The Morgan fingerprint density at radius 3 is 1.64 bits per heavy atom. The molecule has 0 amide bonds. The van der Waals surface area contributed by atoms with Crippen molar-refractivity contribution < 1.29 is 4.74 Å². The molecule has 0 aromatic rings. The van der Waals surface area contributed by atoms with Gasteiger partial charge in [0.15, 0.2) is 0 Å². The lowest BCUT2D eigenvalue weighted by Gasteiger charge is -2.16. The minimum Gasteiger partial charge on any atom is -0.380 e. The topological polar surface area (TPSA) is 47.3 Å². The molecule has 0 aliphatic carbocycles. The quantitative estimate of drug-likeness (QED) is 0.255. The van der Waals surface area contributed by atoms with Crippen LogP contribution in [0.2, 0.25) is 0 Å². The molecule has 0 aliphatic rings. The van der Waals surface area contributed by atoms with Gasteiger partial charge in [-0.05, 0) is 12.8 Å². The standard InChI is InChI=1S/C22H48N2O/c1-3-5-6-7-8-9-10-11-12-13-14-15-16-17-20-25-21-22(4-2)24-19-18-23/h22,24H,3-21,23H2,1-2H3. The number of ether oxygens (including phenoxy) is 1. The summed E-state index contributed by atoms with van der Waals surface area (Å²) in [5, 5.41) is 3.42. The van der Waals surface area contributed by atoms with Crippen molar-refractivity contribution in [3.05, 3.63) is 0 Å². The van der Waals surface area contributed by atoms with Crippen molar-refractivity contribution >= 4 is 0 Å². The van der Waals surface area contributed by atoms with Crippen LogP contribution in [0.4, 0.5) is 0 Å². The molecule has 0 rings (SSSR count). The summed E-state index contributed by atoms with van der Waals surface area (Å²) in [6.45, 7) is 7.82. The van der Waals surface area contributed by atoms with Crippen molar-refractivity contribution in [1.82, 2.24) is 5.32 Å². The molecule has 1 unspecified atom stereocenters. The maximum absolute atomic E-state index is 5.79. The van der Waals surface area contributed by atoms with Gasteiger partial charge < -0.3 is 15.8 Å². The smallest absolute Gasteiger partial charge is 0.0619 e. The second-order valence-electron chi connectivity index (χ2n) is 7.52. The molecule has 0 aromatic heterocycles. The van der Waals surface area contributed by atoms with E-state index in [-0.39, 0.29) is 0 Å². The Hall–Kier alpha value is -0.120. The molecule has 25 heavy (non-hydrogen) atoms. The minimum atomic E-state index is 0.468. The maximum atomic E-state index is 5.79. The monoisotopic (exact) mass is 356 g/mol. The molecular formula is C22H48N2O. The largest absolute Gasteiger partial charge is 0.380 e. The van der Waals surface area contributed by atoms with Crippen LogP contribution in [0.3, 0.4) is 0 Å². The number of hydrogen-bond donors (Lipinski definition) is 2. The van der Waals surface area contributed by atoms with Gasteiger partial charge in [0.2, 0.25) is 0 Å². The SMILES string of the molecule is CCCCCCCCCCCCCCCCOCC(CC)NCCN. The third-order valence-electron chi connectivity index (χ3n) is 5.03. The molecule has 0 radical (unpaired) electrons. The van der Waals surface area contributed by atoms with E-state index in [9.17, 15) is 0 Å². The van der Waals surface area contributed by atoms with E-state index in [1.54, 1.807) is 0 Å². The molecule has 0 aliphatic heterocycles. The van der Waals surface area contributed by atoms with E-state index in [0.29, 0.717) is 12.6 Å². The van der Waals surface area contributed by atoms with Crippen LogP contribution in [0.15, 0.2) is 0 Å². The molecule has 0 fully saturated rings. The van der Waals surface area contributed by atoms with E-state index < -0.39 is 0 Å². The summed E-state index contributed by atoms with van der Waals surface area (Å²) in [4.78, 5) is 0. The Bertz CT molecular complexity index is 236. The van der Waals surface area contributed by atoms with Crippen molar-refractivity contribution in [2.75, 3.05) is 26.3 Å². The van der Waals surface area contributed by atoms with Crippen LogP contribution in [0.5, 0.6) is 0 Å². The number of nitrogens with one attached hydrogen (secondary N) is 1. The lowest BCUT2D eigenvalue weighted by molar-refractivity contribution is 0.107. The summed E-state index contributed by atoms with van der Waals surface area (Å²) < 4.78 is 5.79. The van der Waals surface area contributed by atoms with Gasteiger partial charge >= 0.3 is 0 Å². The molecule has 0 aromatic carbocycles. The molecule has 0 spiro atoms. The van der Waals surface area contributed by atoms with Gasteiger partial charge in [-0.25, -0.2) is 0 Å². The molecule has 152 valence electrons. The highest BCUT2D eigenvalue weighted by molar-refractivity contribution is 4.63. The van der Waals surface area contributed by atoms with Gasteiger partial charge in [-0.3, -0.25) is 0 Å². The van der Waals surface area contributed by atoms with Crippen molar-refractivity contribution in [2.24, 2.45) is 5.73 Å². The first-order valence-corrected chi connectivity index (χ1v) is 11.4. The lowest BCUT2D eigenvalue weighted by Crippen LogP contribution is -2.36. The highest BCUT2D eigenvalue weighted by Crippen LogP contribution is 2.12. The predicted octanol–water partition coefficient (Wildman–Crippen LogP) is 5.81. The highest BCUT2D eigenvalue weighted by atomic mass is 16.5. The molecular weight excluding hydrogens is 308 g/mol. The molecule has 3 heteroatoms.